The molecular weight excluding hydrogens is 196 g/mol. The fourth-order valence-electron chi connectivity index (χ4n) is 0.805. The van der Waals surface area contributed by atoms with E-state index in [1.807, 2.05) is 11.8 Å². The van der Waals surface area contributed by atoms with E-state index >= 15 is 0 Å². The fraction of sp³-hybridized carbons (Fsp3) is 0.556. The first-order valence-electron chi connectivity index (χ1n) is 4.40. The largest absolute Gasteiger partial charge is 0.382 e. The van der Waals surface area contributed by atoms with Crippen molar-refractivity contribution in [2.24, 2.45) is 0 Å². The molecule has 1 aromatic rings. The number of thioether (sulfide) groups is 1. The Labute approximate surface area is 88.7 Å². The minimum absolute atomic E-state index is 0.197. The monoisotopic (exact) mass is 212 g/mol. The van der Waals surface area contributed by atoms with Gasteiger partial charge in [-0.05, 0) is 20.1 Å². The molecule has 0 saturated carbocycles. The smallest absolute Gasteiger partial charge is 0.144 e. The lowest BCUT2D eigenvalue weighted by Gasteiger charge is -2.22. The van der Waals surface area contributed by atoms with Gasteiger partial charge in [-0.25, -0.2) is 9.97 Å². The lowest BCUT2D eigenvalue weighted by Crippen LogP contribution is -2.26. The summed E-state index contributed by atoms with van der Waals surface area (Å²) in [5.74, 6) is 1.21. The van der Waals surface area contributed by atoms with Crippen molar-refractivity contribution < 1.29 is 0 Å². The van der Waals surface area contributed by atoms with Crippen LogP contribution in [0.15, 0.2) is 12.4 Å². The third-order valence-electron chi connectivity index (χ3n) is 1.92. The van der Waals surface area contributed by atoms with Crippen LogP contribution in [-0.4, -0.2) is 27.5 Å². The summed E-state index contributed by atoms with van der Waals surface area (Å²) in [6, 6.07) is 0. The van der Waals surface area contributed by atoms with E-state index in [2.05, 4.69) is 35.4 Å². The molecule has 0 atom stereocenters. The molecule has 0 fully saturated rings. The van der Waals surface area contributed by atoms with Gasteiger partial charge in [0, 0.05) is 11.3 Å². The molecule has 1 rings (SSSR count). The van der Waals surface area contributed by atoms with E-state index in [-0.39, 0.29) is 4.75 Å². The quantitative estimate of drug-likeness (QED) is 0.794. The first-order valence-corrected chi connectivity index (χ1v) is 5.62. The fourth-order valence-corrected chi connectivity index (χ4v) is 1.02. The second kappa shape index (κ2) is 4.50. The third kappa shape index (κ3) is 3.41. The summed E-state index contributed by atoms with van der Waals surface area (Å²) in [6.45, 7) is 5.21. The van der Waals surface area contributed by atoms with E-state index < -0.39 is 0 Å². The van der Waals surface area contributed by atoms with Gasteiger partial charge < -0.3 is 11.1 Å². The van der Waals surface area contributed by atoms with Crippen molar-refractivity contribution in [1.29, 1.82) is 0 Å². The first-order chi connectivity index (χ1) is 6.53. The highest BCUT2D eigenvalue weighted by atomic mass is 32.2. The van der Waals surface area contributed by atoms with Gasteiger partial charge in [0.05, 0.1) is 12.4 Å². The zero-order chi connectivity index (χ0) is 10.6. The predicted octanol–water partition coefficient (Wildman–Crippen LogP) is 1.61. The van der Waals surface area contributed by atoms with Gasteiger partial charge in [0.2, 0.25) is 0 Å². The number of nitrogens with two attached hydrogens (primary N) is 1. The number of rotatable bonds is 4. The molecule has 0 aliphatic rings. The molecule has 0 amide bonds. The molecule has 0 spiro atoms. The summed E-state index contributed by atoms with van der Waals surface area (Å²) in [4.78, 5) is 8.06. The Bertz CT molecular complexity index is 283. The maximum atomic E-state index is 5.43. The Morgan fingerprint density at radius 1 is 1.43 bits per heavy atom. The topological polar surface area (TPSA) is 63.8 Å². The summed E-state index contributed by atoms with van der Waals surface area (Å²) in [5, 5.41) is 3.21. The lowest BCUT2D eigenvalue weighted by atomic mass is 10.2. The standard InChI is InChI=1S/C9H16N4S/c1-9(2,14-3)6-13-8-5-11-7(10)4-12-8/h4-5H,6H2,1-3H3,(H2,10,11)(H,12,13). The molecule has 0 radical (unpaired) electrons. The maximum Gasteiger partial charge on any atom is 0.144 e. The minimum Gasteiger partial charge on any atom is -0.382 e. The summed E-state index contributed by atoms with van der Waals surface area (Å²) < 4.78 is 0.197. The number of hydrogen-bond donors (Lipinski definition) is 2. The van der Waals surface area contributed by atoms with Crippen LogP contribution in [0.3, 0.4) is 0 Å². The number of nitrogens with zero attached hydrogens (tertiary/aromatic N) is 2. The van der Waals surface area contributed by atoms with Crippen LogP contribution in [0.4, 0.5) is 11.6 Å². The number of aromatic nitrogens is 2. The lowest BCUT2D eigenvalue weighted by molar-refractivity contribution is 0.749. The van der Waals surface area contributed by atoms with Crippen LogP contribution in [0.1, 0.15) is 13.8 Å². The highest BCUT2D eigenvalue weighted by Gasteiger charge is 2.15. The Kier molecular flexibility index (Phi) is 3.57. The average molecular weight is 212 g/mol. The zero-order valence-corrected chi connectivity index (χ0v) is 9.56. The molecule has 5 heteroatoms. The van der Waals surface area contributed by atoms with Crippen LogP contribution in [0.5, 0.6) is 0 Å². The van der Waals surface area contributed by atoms with Crippen molar-refractivity contribution in [1.82, 2.24) is 9.97 Å². The zero-order valence-electron chi connectivity index (χ0n) is 8.74. The number of hydrogen-bond acceptors (Lipinski definition) is 5. The molecule has 0 unspecified atom stereocenters. The van der Waals surface area contributed by atoms with Crippen molar-refractivity contribution in [3.63, 3.8) is 0 Å². The van der Waals surface area contributed by atoms with Crippen molar-refractivity contribution in [2.45, 2.75) is 18.6 Å². The van der Waals surface area contributed by atoms with Crippen LogP contribution in [0.25, 0.3) is 0 Å². The van der Waals surface area contributed by atoms with Crippen LogP contribution >= 0.6 is 11.8 Å². The van der Waals surface area contributed by atoms with E-state index in [1.165, 1.54) is 0 Å². The number of nitrogens with one attached hydrogen (secondary N) is 1. The normalized spacial score (nSPS) is 11.4. The molecule has 4 nitrogen and oxygen atoms in total. The van der Waals surface area contributed by atoms with E-state index in [1.54, 1.807) is 12.4 Å². The molecular formula is C9H16N4S. The molecule has 0 aliphatic heterocycles. The van der Waals surface area contributed by atoms with Gasteiger partial charge in [0.25, 0.3) is 0 Å². The van der Waals surface area contributed by atoms with Crippen LogP contribution < -0.4 is 11.1 Å². The molecule has 3 N–H and O–H groups in total. The van der Waals surface area contributed by atoms with Gasteiger partial charge in [-0.2, -0.15) is 11.8 Å². The van der Waals surface area contributed by atoms with Gasteiger partial charge in [0.15, 0.2) is 0 Å². The van der Waals surface area contributed by atoms with Crippen LogP contribution in [0, 0.1) is 0 Å². The molecule has 1 aromatic heterocycles. The Morgan fingerprint density at radius 3 is 2.64 bits per heavy atom. The summed E-state index contributed by atoms with van der Waals surface area (Å²) in [5.41, 5.74) is 5.43. The molecule has 0 bridgehead atoms. The number of anilines is 2. The summed E-state index contributed by atoms with van der Waals surface area (Å²) in [6.07, 6.45) is 5.29. The van der Waals surface area contributed by atoms with Crippen molar-refractivity contribution in [3.8, 4) is 0 Å². The summed E-state index contributed by atoms with van der Waals surface area (Å²) >= 11 is 1.81. The highest BCUT2D eigenvalue weighted by molar-refractivity contribution is 7.99. The third-order valence-corrected chi connectivity index (χ3v) is 3.17. The van der Waals surface area contributed by atoms with E-state index in [0.29, 0.717) is 5.82 Å². The summed E-state index contributed by atoms with van der Waals surface area (Å²) in [7, 11) is 0. The number of nitrogen functional groups attached to an aromatic ring is 1. The molecule has 0 aliphatic carbocycles. The van der Waals surface area contributed by atoms with Crippen LogP contribution in [0.2, 0.25) is 0 Å². The van der Waals surface area contributed by atoms with Gasteiger partial charge in [0.1, 0.15) is 11.6 Å². The molecule has 1 heterocycles. The maximum absolute atomic E-state index is 5.43. The Balaban J connectivity index is 2.50. The van der Waals surface area contributed by atoms with E-state index in [9.17, 15) is 0 Å². The average Bonchev–Trinajstić information content (AvgIpc) is 2.17. The Hall–Kier alpha value is -0.970. The first kappa shape index (κ1) is 11.1. The second-order valence-electron chi connectivity index (χ2n) is 3.64. The van der Waals surface area contributed by atoms with Crippen LogP contribution in [-0.2, 0) is 0 Å². The van der Waals surface area contributed by atoms with E-state index in [4.69, 9.17) is 5.73 Å². The van der Waals surface area contributed by atoms with Crippen molar-refractivity contribution in [2.75, 3.05) is 23.9 Å². The van der Waals surface area contributed by atoms with E-state index in [0.717, 1.165) is 12.4 Å². The highest BCUT2D eigenvalue weighted by Crippen LogP contribution is 2.21. The Morgan fingerprint density at radius 2 is 2.14 bits per heavy atom. The van der Waals surface area contributed by atoms with Gasteiger partial charge >= 0.3 is 0 Å². The second-order valence-corrected chi connectivity index (χ2v) is 5.16. The minimum atomic E-state index is 0.197. The van der Waals surface area contributed by atoms with Gasteiger partial charge in [-0.3, -0.25) is 0 Å². The van der Waals surface area contributed by atoms with Gasteiger partial charge in [-0.15, -0.1) is 0 Å². The predicted molar refractivity (Wildman–Crippen MR) is 62.5 cm³/mol. The molecule has 14 heavy (non-hydrogen) atoms. The van der Waals surface area contributed by atoms with Crippen molar-refractivity contribution in [3.05, 3.63) is 12.4 Å². The van der Waals surface area contributed by atoms with Gasteiger partial charge in [-0.1, -0.05) is 0 Å². The molecule has 78 valence electrons. The molecule has 0 saturated heterocycles. The molecule has 0 aromatic carbocycles. The SMILES string of the molecule is CSC(C)(C)CNc1cnc(N)cn1. The van der Waals surface area contributed by atoms with Crippen molar-refractivity contribution >= 4 is 23.4 Å².